The lowest BCUT2D eigenvalue weighted by Crippen LogP contribution is -2.06. The van der Waals surface area contributed by atoms with Gasteiger partial charge >= 0.3 is 0 Å². The Morgan fingerprint density at radius 3 is 2.72 bits per heavy atom. The van der Waals surface area contributed by atoms with Crippen LogP contribution >= 0.6 is 0 Å². The highest BCUT2D eigenvalue weighted by Crippen LogP contribution is 2.28. The van der Waals surface area contributed by atoms with Gasteiger partial charge in [-0.1, -0.05) is 55.3 Å². The summed E-state index contributed by atoms with van der Waals surface area (Å²) in [4.78, 5) is 8.88. The van der Waals surface area contributed by atoms with Crippen LogP contribution in [0.25, 0.3) is 17.1 Å². The van der Waals surface area contributed by atoms with Crippen LogP contribution in [0.5, 0.6) is 0 Å². The molecule has 0 amide bonds. The van der Waals surface area contributed by atoms with E-state index in [1.54, 1.807) is 29.3 Å². The smallest absolute Gasteiger partial charge is 0.161 e. The molecule has 2 heterocycles. The van der Waals surface area contributed by atoms with Crippen LogP contribution in [0, 0.1) is 6.92 Å². The van der Waals surface area contributed by atoms with Gasteiger partial charge in [0, 0.05) is 33.5 Å². The minimum Gasteiger partial charge on any atom is -0.366 e. The van der Waals surface area contributed by atoms with Crippen molar-refractivity contribution in [2.24, 2.45) is 0 Å². The van der Waals surface area contributed by atoms with Crippen LogP contribution in [0.2, 0.25) is 0 Å². The first-order chi connectivity index (χ1) is 16.9. The van der Waals surface area contributed by atoms with E-state index in [1.807, 2.05) is 31.2 Å². The third-order valence-electron chi connectivity index (χ3n) is 4.49. The van der Waals surface area contributed by atoms with Crippen LogP contribution in [0.1, 0.15) is 45.9 Å². The molecule has 0 saturated heterocycles. The standard InChI is InChI=1S/C23H24N6/c1-16(2)20-6-4-5-7-21(20)23-24-14-17(3)22(27-23)25-15-18-8-10-19(11-9-18)29-13-12-26-28-29/h4-14,16H,15H2,1-3H3,(H,24,25,27)/i1D3,2D3,16D. The Hall–Kier alpha value is -3.54. The van der Waals surface area contributed by atoms with E-state index >= 15 is 0 Å². The van der Waals surface area contributed by atoms with Gasteiger partial charge < -0.3 is 5.32 Å². The highest BCUT2D eigenvalue weighted by Gasteiger charge is 2.12. The molecule has 0 fully saturated rings. The molecule has 0 atom stereocenters. The van der Waals surface area contributed by atoms with Crippen molar-refractivity contribution < 1.29 is 9.60 Å². The molecule has 0 aliphatic rings. The predicted octanol–water partition coefficient (Wildman–Crippen LogP) is 4.77. The topological polar surface area (TPSA) is 68.5 Å². The molecule has 0 aliphatic carbocycles. The normalized spacial score (nSPS) is 15.8. The zero-order valence-electron chi connectivity index (χ0n) is 22.8. The van der Waals surface area contributed by atoms with Gasteiger partial charge in [0.1, 0.15) is 5.82 Å². The largest absolute Gasteiger partial charge is 0.366 e. The molecule has 2 aromatic carbocycles. The molecule has 146 valence electrons. The van der Waals surface area contributed by atoms with Gasteiger partial charge in [0.2, 0.25) is 0 Å². The van der Waals surface area contributed by atoms with Gasteiger partial charge in [-0.15, -0.1) is 5.10 Å². The van der Waals surface area contributed by atoms with Crippen molar-refractivity contribution in [3.63, 3.8) is 0 Å². The molecule has 6 nitrogen and oxygen atoms in total. The maximum absolute atomic E-state index is 8.61. The summed E-state index contributed by atoms with van der Waals surface area (Å²) in [6.45, 7) is -3.95. The molecule has 2 aromatic heterocycles. The number of aromatic nitrogens is 5. The Balaban J connectivity index is 1.65. The maximum Gasteiger partial charge on any atom is 0.161 e. The summed E-state index contributed by atoms with van der Waals surface area (Å²) < 4.78 is 57.4. The summed E-state index contributed by atoms with van der Waals surface area (Å²) >= 11 is 0. The van der Waals surface area contributed by atoms with E-state index in [4.69, 9.17) is 9.60 Å². The zero-order chi connectivity index (χ0) is 26.1. The van der Waals surface area contributed by atoms with Crippen molar-refractivity contribution in [1.82, 2.24) is 25.0 Å². The summed E-state index contributed by atoms with van der Waals surface area (Å²) in [6, 6.07) is 13.7. The Kier molecular flexibility index (Phi) is 3.44. The number of anilines is 1. The van der Waals surface area contributed by atoms with Gasteiger partial charge in [-0.25, -0.2) is 14.6 Å². The van der Waals surface area contributed by atoms with E-state index in [0.29, 0.717) is 12.4 Å². The van der Waals surface area contributed by atoms with E-state index in [2.05, 4.69) is 25.6 Å². The second-order valence-corrected chi connectivity index (χ2v) is 6.51. The molecule has 0 saturated carbocycles. The monoisotopic (exact) mass is 391 g/mol. The third-order valence-corrected chi connectivity index (χ3v) is 4.49. The van der Waals surface area contributed by atoms with Crippen molar-refractivity contribution in [2.45, 2.75) is 33.1 Å². The van der Waals surface area contributed by atoms with E-state index in [0.717, 1.165) is 16.8 Å². The van der Waals surface area contributed by atoms with Crippen molar-refractivity contribution in [2.75, 3.05) is 5.32 Å². The maximum atomic E-state index is 8.61. The van der Waals surface area contributed by atoms with Crippen molar-refractivity contribution >= 4 is 5.82 Å². The quantitative estimate of drug-likeness (QED) is 0.513. The minimum atomic E-state index is -3.11. The molecule has 0 aliphatic heterocycles. The number of nitrogens with one attached hydrogen (secondary N) is 1. The first-order valence-electron chi connectivity index (χ1n) is 12.5. The number of hydrogen-bond acceptors (Lipinski definition) is 5. The fraction of sp³-hybridized carbons (Fsp3) is 0.217. The van der Waals surface area contributed by atoms with Crippen LogP contribution in [0.15, 0.2) is 67.1 Å². The van der Waals surface area contributed by atoms with Gasteiger partial charge in [-0.2, -0.15) is 0 Å². The van der Waals surface area contributed by atoms with E-state index in [-0.39, 0.29) is 17.0 Å². The molecular weight excluding hydrogens is 360 g/mol. The first-order valence-corrected chi connectivity index (χ1v) is 9.05. The lowest BCUT2D eigenvalue weighted by Gasteiger charge is -2.14. The zero-order valence-corrected chi connectivity index (χ0v) is 15.8. The average molecular weight is 392 g/mol. The summed E-state index contributed by atoms with van der Waals surface area (Å²) in [6.07, 6.45) is 4.93. The van der Waals surface area contributed by atoms with Gasteiger partial charge in [0.15, 0.2) is 5.82 Å². The first kappa shape index (κ1) is 12.1. The second-order valence-electron chi connectivity index (χ2n) is 6.51. The molecule has 4 rings (SSSR count). The van der Waals surface area contributed by atoms with Gasteiger partial charge in [0.05, 0.1) is 18.1 Å². The minimum absolute atomic E-state index is 0.130. The highest BCUT2D eigenvalue weighted by molar-refractivity contribution is 5.63. The fourth-order valence-corrected chi connectivity index (χ4v) is 2.95. The number of aryl methyl sites for hydroxylation is 1. The van der Waals surface area contributed by atoms with Gasteiger partial charge in [0.25, 0.3) is 0 Å². The third kappa shape index (κ3) is 4.16. The number of hydrogen-bond donors (Lipinski definition) is 1. The Labute approximate surface area is 180 Å². The Morgan fingerprint density at radius 2 is 1.97 bits per heavy atom. The number of nitrogens with zero attached hydrogens (tertiary/aromatic N) is 5. The van der Waals surface area contributed by atoms with Gasteiger partial charge in [-0.3, -0.25) is 0 Å². The summed E-state index contributed by atoms with van der Waals surface area (Å²) in [5, 5.41) is 11.0. The summed E-state index contributed by atoms with van der Waals surface area (Å²) in [5.74, 6) is -2.22. The van der Waals surface area contributed by atoms with Gasteiger partial charge in [-0.05, 0) is 36.1 Å². The Morgan fingerprint density at radius 1 is 1.14 bits per heavy atom. The fourth-order valence-electron chi connectivity index (χ4n) is 2.95. The van der Waals surface area contributed by atoms with Crippen LogP contribution in [0.4, 0.5) is 5.82 Å². The average Bonchev–Trinajstić information content (AvgIpc) is 3.37. The summed E-state index contributed by atoms with van der Waals surface area (Å²) in [7, 11) is 0. The van der Waals surface area contributed by atoms with Crippen molar-refractivity contribution in [3.05, 3.63) is 83.8 Å². The molecular formula is C23H24N6. The predicted molar refractivity (Wildman–Crippen MR) is 115 cm³/mol. The highest BCUT2D eigenvalue weighted by atomic mass is 15.4. The lowest BCUT2D eigenvalue weighted by molar-refractivity contribution is 0.802. The van der Waals surface area contributed by atoms with Crippen LogP contribution in [0.3, 0.4) is 0 Å². The number of benzene rings is 2. The summed E-state index contributed by atoms with van der Waals surface area (Å²) in [5.41, 5.74) is 2.60. The lowest BCUT2D eigenvalue weighted by atomic mass is 9.97. The molecule has 0 spiro atoms. The second kappa shape index (κ2) is 8.22. The molecule has 0 bridgehead atoms. The van der Waals surface area contributed by atoms with E-state index in [1.165, 1.54) is 18.2 Å². The SMILES string of the molecule is [2H]C([2H])([2H])C([2H])(c1ccccc1-c1ncc(C)c(NCc2ccc(-n3ccnn3)cc2)n1)C([2H])([2H])[2H]. The number of rotatable bonds is 6. The molecule has 0 radical (unpaired) electrons. The van der Waals surface area contributed by atoms with Crippen molar-refractivity contribution in [1.29, 1.82) is 0 Å². The molecule has 4 aromatic rings. The van der Waals surface area contributed by atoms with E-state index < -0.39 is 19.6 Å². The van der Waals surface area contributed by atoms with E-state index in [9.17, 15) is 0 Å². The Bertz CT molecular complexity index is 1320. The van der Waals surface area contributed by atoms with Crippen LogP contribution in [-0.4, -0.2) is 25.0 Å². The molecule has 29 heavy (non-hydrogen) atoms. The van der Waals surface area contributed by atoms with Crippen molar-refractivity contribution in [3.8, 4) is 17.1 Å². The molecule has 0 unspecified atom stereocenters. The van der Waals surface area contributed by atoms with Crippen LogP contribution < -0.4 is 5.32 Å². The van der Waals surface area contributed by atoms with Crippen LogP contribution in [-0.2, 0) is 6.54 Å². The molecule has 1 N–H and O–H groups in total. The molecule has 6 heteroatoms.